The van der Waals surface area contributed by atoms with Gasteiger partial charge < -0.3 is 4.74 Å². The number of esters is 1. The van der Waals surface area contributed by atoms with Gasteiger partial charge in [-0.15, -0.1) is 0 Å². The Kier molecular flexibility index (Phi) is 5.73. The summed E-state index contributed by atoms with van der Waals surface area (Å²) in [6.07, 6.45) is 0. The van der Waals surface area contributed by atoms with E-state index in [9.17, 15) is 9.59 Å². The van der Waals surface area contributed by atoms with E-state index in [0.29, 0.717) is 21.9 Å². The van der Waals surface area contributed by atoms with Crippen molar-refractivity contribution in [3.8, 4) is 22.3 Å². The van der Waals surface area contributed by atoms with Crippen molar-refractivity contribution in [1.29, 1.82) is 0 Å². The maximum atomic E-state index is 14.6. The molecule has 3 nitrogen and oxygen atoms in total. The maximum Gasteiger partial charge on any atom is 0.339 e. The molecule has 0 heterocycles. The summed E-state index contributed by atoms with van der Waals surface area (Å²) in [6.45, 7) is 2.04. The molecule has 0 saturated heterocycles. The van der Waals surface area contributed by atoms with Crippen molar-refractivity contribution in [1.82, 2.24) is 0 Å². The van der Waals surface area contributed by atoms with Crippen molar-refractivity contribution in [3.05, 3.63) is 143 Å². The molecule has 43 heavy (non-hydrogen) atoms. The normalized spacial score (nSPS) is 11.7. The van der Waals surface area contributed by atoms with Gasteiger partial charge >= 0.3 is 5.97 Å². The molecule has 0 saturated carbocycles. The fourth-order valence-electron chi connectivity index (χ4n) is 6.88. The smallest absolute Gasteiger partial charge is 0.339 e. The molecule has 0 atom stereocenters. The van der Waals surface area contributed by atoms with Crippen molar-refractivity contribution in [2.75, 3.05) is 6.61 Å². The van der Waals surface area contributed by atoms with Gasteiger partial charge in [-0.25, -0.2) is 4.79 Å². The highest BCUT2D eigenvalue weighted by molar-refractivity contribution is 6.35. The first-order chi connectivity index (χ1) is 21.2. The topological polar surface area (TPSA) is 43.4 Å². The first-order valence-corrected chi connectivity index (χ1v) is 14.6. The third-order valence-corrected chi connectivity index (χ3v) is 8.62. The molecule has 0 aliphatic heterocycles. The van der Waals surface area contributed by atoms with Crippen LogP contribution in [0.2, 0.25) is 0 Å². The zero-order chi connectivity index (χ0) is 29.1. The SMILES string of the molecule is CCOC(=O)c1c(-c2cccc3ccccc23)c2c(=O)c3ccccc3c3cccc(-c4cccc5ccccc45)c1c23. The lowest BCUT2D eigenvalue weighted by atomic mass is 9.93. The first kappa shape index (κ1) is 25.2. The summed E-state index contributed by atoms with van der Waals surface area (Å²) < 4.78 is 5.80. The van der Waals surface area contributed by atoms with Gasteiger partial charge in [0.1, 0.15) is 0 Å². The van der Waals surface area contributed by atoms with Crippen LogP contribution in [0.3, 0.4) is 0 Å². The fourth-order valence-corrected chi connectivity index (χ4v) is 6.88. The largest absolute Gasteiger partial charge is 0.462 e. The van der Waals surface area contributed by atoms with Gasteiger partial charge in [-0.05, 0) is 55.9 Å². The van der Waals surface area contributed by atoms with E-state index in [0.717, 1.165) is 59.8 Å². The van der Waals surface area contributed by atoms with Gasteiger partial charge in [-0.1, -0.05) is 127 Å². The van der Waals surface area contributed by atoms with Gasteiger partial charge in [0, 0.05) is 27.1 Å². The Labute approximate surface area is 247 Å². The van der Waals surface area contributed by atoms with E-state index in [1.165, 1.54) is 0 Å². The summed E-state index contributed by atoms with van der Waals surface area (Å²) in [5, 5.41) is 8.73. The lowest BCUT2D eigenvalue weighted by Crippen LogP contribution is -2.07. The van der Waals surface area contributed by atoms with Crippen LogP contribution in [-0.2, 0) is 4.74 Å². The predicted octanol–water partition coefficient (Wildman–Crippen LogP) is 9.76. The molecule has 0 amide bonds. The molecule has 0 N–H and O–H groups in total. The Morgan fingerprint density at radius 2 is 1.02 bits per heavy atom. The molecule has 8 rings (SSSR count). The molecular weight excluding hydrogens is 528 g/mol. The predicted molar refractivity (Wildman–Crippen MR) is 178 cm³/mol. The van der Waals surface area contributed by atoms with E-state index >= 15 is 0 Å². The number of carbonyl (C=O) groups excluding carboxylic acids is 1. The van der Waals surface area contributed by atoms with Crippen molar-refractivity contribution in [3.63, 3.8) is 0 Å². The minimum absolute atomic E-state index is 0.0818. The van der Waals surface area contributed by atoms with Gasteiger partial charge in [0.25, 0.3) is 0 Å². The lowest BCUT2D eigenvalue weighted by Gasteiger charge is -2.12. The molecule has 0 aliphatic carbocycles. The van der Waals surface area contributed by atoms with E-state index in [2.05, 4.69) is 54.6 Å². The quantitative estimate of drug-likeness (QED) is 0.203. The van der Waals surface area contributed by atoms with Crippen LogP contribution in [-0.4, -0.2) is 12.6 Å². The highest BCUT2D eigenvalue weighted by atomic mass is 16.5. The molecule has 0 aliphatic rings. The number of fused-ring (bicyclic) bond motifs is 4. The Morgan fingerprint density at radius 1 is 0.512 bits per heavy atom. The number of carbonyl (C=O) groups is 1. The zero-order valence-electron chi connectivity index (χ0n) is 23.6. The second-order valence-corrected chi connectivity index (χ2v) is 10.9. The van der Waals surface area contributed by atoms with Crippen LogP contribution >= 0.6 is 0 Å². The average Bonchev–Trinajstić information content (AvgIpc) is 3.28. The summed E-state index contributed by atoms with van der Waals surface area (Å²) in [5.74, 6) is -0.431. The Balaban J connectivity index is 1.70. The van der Waals surface area contributed by atoms with Crippen LogP contribution in [0.15, 0.2) is 132 Å². The third kappa shape index (κ3) is 3.68. The van der Waals surface area contributed by atoms with Crippen LogP contribution < -0.4 is 5.43 Å². The molecule has 0 unspecified atom stereocenters. The van der Waals surface area contributed by atoms with Crippen molar-refractivity contribution >= 4 is 59.8 Å². The van der Waals surface area contributed by atoms with E-state index in [1.807, 2.05) is 79.7 Å². The standard InChI is InChI=1S/C40H26O3/c1-2-43-40(42)38-35-31(28-20-9-14-24-12-3-5-16-26(24)28)22-11-23-32-29-18-7-8-19-33(29)39(41)37(34(32)35)36(38)30-21-10-15-25-13-4-6-17-27(25)30/h3-23H,2H2,1H3. The summed E-state index contributed by atoms with van der Waals surface area (Å²) >= 11 is 0. The molecule has 0 spiro atoms. The summed E-state index contributed by atoms with van der Waals surface area (Å²) in [7, 11) is 0. The van der Waals surface area contributed by atoms with Crippen LogP contribution in [0.25, 0.3) is 76.1 Å². The number of hydrogen-bond acceptors (Lipinski definition) is 3. The summed E-state index contributed by atoms with van der Waals surface area (Å²) in [4.78, 5) is 28.9. The summed E-state index contributed by atoms with van der Waals surface area (Å²) in [5.41, 5.74) is 3.72. The number of hydrogen-bond donors (Lipinski definition) is 0. The highest BCUT2D eigenvalue weighted by Gasteiger charge is 2.30. The highest BCUT2D eigenvalue weighted by Crippen LogP contribution is 2.48. The monoisotopic (exact) mass is 554 g/mol. The molecule has 3 heteroatoms. The zero-order valence-corrected chi connectivity index (χ0v) is 23.6. The molecular formula is C40H26O3. The lowest BCUT2D eigenvalue weighted by molar-refractivity contribution is 0.0530. The van der Waals surface area contributed by atoms with Crippen molar-refractivity contribution in [2.24, 2.45) is 0 Å². The fraction of sp³-hybridized carbons (Fsp3) is 0.0500. The van der Waals surface area contributed by atoms with Crippen LogP contribution in [0, 0.1) is 0 Å². The summed E-state index contributed by atoms with van der Waals surface area (Å²) in [6, 6.07) is 42.6. The molecule has 204 valence electrons. The minimum Gasteiger partial charge on any atom is -0.462 e. The minimum atomic E-state index is -0.431. The third-order valence-electron chi connectivity index (χ3n) is 8.62. The second-order valence-electron chi connectivity index (χ2n) is 10.9. The van der Waals surface area contributed by atoms with Crippen LogP contribution in [0.5, 0.6) is 0 Å². The number of benzene rings is 6. The molecule has 0 aromatic heterocycles. The van der Waals surface area contributed by atoms with E-state index in [1.54, 1.807) is 0 Å². The second kappa shape index (κ2) is 9.78. The molecule has 0 radical (unpaired) electrons. The average molecular weight is 555 g/mol. The van der Waals surface area contributed by atoms with E-state index < -0.39 is 5.97 Å². The van der Waals surface area contributed by atoms with Gasteiger partial charge in [0.2, 0.25) is 0 Å². The Morgan fingerprint density at radius 3 is 1.72 bits per heavy atom. The molecule has 8 aromatic carbocycles. The van der Waals surface area contributed by atoms with Gasteiger partial charge in [-0.2, -0.15) is 0 Å². The van der Waals surface area contributed by atoms with Crippen LogP contribution in [0.1, 0.15) is 17.3 Å². The Hall–Kier alpha value is -5.54. The van der Waals surface area contributed by atoms with Gasteiger partial charge in [0.05, 0.1) is 12.2 Å². The first-order valence-electron chi connectivity index (χ1n) is 14.6. The van der Waals surface area contributed by atoms with Gasteiger partial charge in [-0.3, -0.25) is 4.79 Å². The van der Waals surface area contributed by atoms with E-state index in [-0.39, 0.29) is 12.0 Å². The number of rotatable bonds is 4. The molecule has 0 fully saturated rings. The van der Waals surface area contributed by atoms with Crippen LogP contribution in [0.4, 0.5) is 0 Å². The van der Waals surface area contributed by atoms with E-state index in [4.69, 9.17) is 4.74 Å². The van der Waals surface area contributed by atoms with Crippen molar-refractivity contribution < 1.29 is 9.53 Å². The van der Waals surface area contributed by atoms with Gasteiger partial charge in [0.15, 0.2) is 5.43 Å². The maximum absolute atomic E-state index is 14.6. The molecule has 8 aromatic rings. The Bertz CT molecular complexity index is 2450. The molecule has 0 bridgehead atoms. The van der Waals surface area contributed by atoms with Crippen molar-refractivity contribution in [2.45, 2.75) is 6.92 Å². The number of ether oxygens (including phenoxy) is 1.